The van der Waals surface area contributed by atoms with Crippen molar-refractivity contribution in [3.63, 3.8) is 0 Å². The van der Waals surface area contributed by atoms with Crippen LogP contribution >= 0.6 is 0 Å². The maximum atomic E-state index is 11.4. The van der Waals surface area contributed by atoms with Crippen molar-refractivity contribution in [2.24, 2.45) is 0 Å². The number of rotatable bonds is 4. The number of ether oxygens (including phenoxy) is 1. The summed E-state index contributed by atoms with van der Waals surface area (Å²) < 4.78 is 5.84. The predicted octanol–water partition coefficient (Wildman–Crippen LogP) is 3.93. The van der Waals surface area contributed by atoms with Gasteiger partial charge in [0.1, 0.15) is 12.4 Å². The highest BCUT2D eigenvalue weighted by atomic mass is 16.5. The smallest absolute Gasteiger partial charge is 0.250 e. The van der Waals surface area contributed by atoms with Gasteiger partial charge in [-0.1, -0.05) is 42.5 Å². The van der Waals surface area contributed by atoms with Crippen LogP contribution in [0.5, 0.6) is 5.75 Å². The van der Waals surface area contributed by atoms with E-state index in [1.165, 1.54) is 0 Å². The van der Waals surface area contributed by atoms with Crippen molar-refractivity contribution in [3.8, 4) is 16.9 Å². The summed E-state index contributed by atoms with van der Waals surface area (Å²) in [7, 11) is 0. The van der Waals surface area contributed by atoms with Crippen molar-refractivity contribution in [1.29, 1.82) is 0 Å². The number of hydrogen-bond acceptors (Lipinski definition) is 2. The Bertz CT molecular complexity index is 822. The van der Waals surface area contributed by atoms with E-state index >= 15 is 0 Å². The first kappa shape index (κ1) is 14.1. The molecule has 0 saturated heterocycles. The first-order chi connectivity index (χ1) is 10.7. The number of hydrogen-bond donors (Lipinski definition) is 1. The van der Waals surface area contributed by atoms with Gasteiger partial charge in [-0.2, -0.15) is 0 Å². The Morgan fingerprint density at radius 2 is 1.77 bits per heavy atom. The highest BCUT2D eigenvalue weighted by Gasteiger charge is 2.03. The van der Waals surface area contributed by atoms with Gasteiger partial charge in [-0.15, -0.1) is 0 Å². The molecule has 1 aromatic heterocycles. The van der Waals surface area contributed by atoms with Crippen LogP contribution in [0.25, 0.3) is 11.1 Å². The lowest BCUT2D eigenvalue weighted by Gasteiger charge is -2.08. The Balaban J connectivity index is 1.80. The minimum absolute atomic E-state index is 0.0553. The second kappa shape index (κ2) is 6.31. The van der Waals surface area contributed by atoms with E-state index in [-0.39, 0.29) is 5.56 Å². The molecule has 110 valence electrons. The maximum absolute atomic E-state index is 11.4. The lowest BCUT2D eigenvalue weighted by atomic mass is 10.1. The van der Waals surface area contributed by atoms with Crippen molar-refractivity contribution >= 4 is 0 Å². The van der Waals surface area contributed by atoms with Crippen LogP contribution in [0.15, 0.2) is 71.7 Å². The highest BCUT2D eigenvalue weighted by Crippen LogP contribution is 2.23. The topological polar surface area (TPSA) is 42.1 Å². The van der Waals surface area contributed by atoms with Crippen LogP contribution in [0.4, 0.5) is 0 Å². The van der Waals surface area contributed by atoms with Crippen molar-refractivity contribution in [2.45, 2.75) is 13.5 Å². The molecule has 0 aliphatic rings. The van der Waals surface area contributed by atoms with Gasteiger partial charge in [0.25, 0.3) is 5.56 Å². The zero-order chi connectivity index (χ0) is 15.4. The number of pyridine rings is 1. The fraction of sp³-hybridized carbons (Fsp3) is 0.105. The van der Waals surface area contributed by atoms with Gasteiger partial charge in [-0.3, -0.25) is 4.79 Å². The monoisotopic (exact) mass is 291 g/mol. The van der Waals surface area contributed by atoms with Gasteiger partial charge >= 0.3 is 0 Å². The Hall–Kier alpha value is -2.81. The summed E-state index contributed by atoms with van der Waals surface area (Å²) in [6.45, 7) is 2.34. The van der Waals surface area contributed by atoms with Gasteiger partial charge < -0.3 is 9.72 Å². The highest BCUT2D eigenvalue weighted by molar-refractivity contribution is 5.64. The standard InChI is InChI=1S/C19H17NO2/c1-14-10-17(12-20-19(14)21)16-8-5-9-18(11-16)22-13-15-6-3-2-4-7-15/h2-12H,13H2,1H3,(H,20,21). The number of aromatic amines is 1. The van der Waals surface area contributed by atoms with E-state index in [1.807, 2.05) is 60.7 Å². The summed E-state index contributed by atoms with van der Waals surface area (Å²) in [4.78, 5) is 14.2. The molecule has 0 saturated carbocycles. The van der Waals surface area contributed by atoms with E-state index in [1.54, 1.807) is 13.1 Å². The van der Waals surface area contributed by atoms with Crippen molar-refractivity contribution < 1.29 is 4.74 Å². The molecule has 2 aromatic carbocycles. The second-order valence-electron chi connectivity index (χ2n) is 5.20. The Morgan fingerprint density at radius 3 is 2.55 bits per heavy atom. The van der Waals surface area contributed by atoms with Crippen LogP contribution in [0, 0.1) is 6.92 Å². The number of nitrogens with one attached hydrogen (secondary N) is 1. The van der Waals surface area contributed by atoms with E-state index in [0.717, 1.165) is 22.4 Å². The number of aryl methyl sites for hydroxylation is 1. The molecule has 3 aromatic rings. The van der Waals surface area contributed by atoms with Gasteiger partial charge in [0.05, 0.1) is 0 Å². The summed E-state index contributed by atoms with van der Waals surface area (Å²) >= 11 is 0. The predicted molar refractivity (Wildman–Crippen MR) is 88.0 cm³/mol. The Kier molecular flexibility index (Phi) is 4.05. The lowest BCUT2D eigenvalue weighted by Crippen LogP contribution is -2.07. The fourth-order valence-corrected chi connectivity index (χ4v) is 2.27. The molecule has 0 radical (unpaired) electrons. The molecule has 0 fully saturated rings. The van der Waals surface area contributed by atoms with Gasteiger partial charge in [-0.25, -0.2) is 0 Å². The summed E-state index contributed by atoms with van der Waals surface area (Å²) in [6, 6.07) is 19.8. The molecule has 0 atom stereocenters. The zero-order valence-corrected chi connectivity index (χ0v) is 12.4. The number of aromatic nitrogens is 1. The average Bonchev–Trinajstić information content (AvgIpc) is 2.57. The molecule has 3 nitrogen and oxygen atoms in total. The molecule has 0 aliphatic carbocycles. The summed E-state index contributed by atoms with van der Waals surface area (Å²) in [5.41, 5.74) is 3.77. The molecule has 3 rings (SSSR count). The van der Waals surface area contributed by atoms with Crippen LogP contribution in [0.2, 0.25) is 0 Å². The van der Waals surface area contributed by atoms with Gasteiger partial charge in [0.2, 0.25) is 0 Å². The molecule has 0 bridgehead atoms. The third-order valence-corrected chi connectivity index (χ3v) is 3.50. The summed E-state index contributed by atoms with van der Waals surface area (Å²) in [5, 5.41) is 0. The van der Waals surface area contributed by atoms with E-state index < -0.39 is 0 Å². The minimum Gasteiger partial charge on any atom is -0.489 e. The first-order valence-electron chi connectivity index (χ1n) is 7.19. The van der Waals surface area contributed by atoms with Gasteiger partial charge in [-0.05, 0) is 41.8 Å². The summed E-state index contributed by atoms with van der Waals surface area (Å²) in [5.74, 6) is 0.810. The van der Waals surface area contributed by atoms with E-state index in [0.29, 0.717) is 12.2 Å². The third kappa shape index (κ3) is 3.26. The van der Waals surface area contributed by atoms with E-state index in [9.17, 15) is 4.79 Å². The normalized spacial score (nSPS) is 10.4. The van der Waals surface area contributed by atoms with Gasteiger partial charge in [0, 0.05) is 11.8 Å². The van der Waals surface area contributed by atoms with Crippen LogP contribution in [-0.4, -0.2) is 4.98 Å². The SMILES string of the molecule is Cc1cc(-c2cccc(OCc3ccccc3)c2)c[nH]c1=O. The van der Waals surface area contributed by atoms with Crippen LogP contribution in [0.3, 0.4) is 0 Å². The summed E-state index contributed by atoms with van der Waals surface area (Å²) in [6.07, 6.45) is 1.73. The molecule has 0 spiro atoms. The molecule has 0 unspecified atom stereocenters. The average molecular weight is 291 g/mol. The number of benzene rings is 2. The van der Waals surface area contributed by atoms with Crippen molar-refractivity contribution in [3.05, 3.63) is 88.3 Å². The third-order valence-electron chi connectivity index (χ3n) is 3.50. The minimum atomic E-state index is -0.0553. The van der Waals surface area contributed by atoms with Crippen molar-refractivity contribution in [1.82, 2.24) is 4.98 Å². The molecular weight excluding hydrogens is 274 g/mol. The maximum Gasteiger partial charge on any atom is 0.250 e. The van der Waals surface area contributed by atoms with Gasteiger partial charge in [0.15, 0.2) is 0 Å². The molecule has 1 heterocycles. The molecular formula is C19H17NO2. The Labute approximate surface area is 129 Å². The lowest BCUT2D eigenvalue weighted by molar-refractivity contribution is 0.306. The van der Waals surface area contributed by atoms with Crippen LogP contribution in [0.1, 0.15) is 11.1 Å². The number of H-pyrrole nitrogens is 1. The first-order valence-corrected chi connectivity index (χ1v) is 7.19. The largest absolute Gasteiger partial charge is 0.489 e. The van der Waals surface area contributed by atoms with Crippen molar-refractivity contribution in [2.75, 3.05) is 0 Å². The molecule has 1 N–H and O–H groups in total. The quantitative estimate of drug-likeness (QED) is 0.791. The Morgan fingerprint density at radius 1 is 0.955 bits per heavy atom. The molecule has 22 heavy (non-hydrogen) atoms. The van der Waals surface area contributed by atoms with Crippen LogP contribution in [-0.2, 0) is 6.61 Å². The fourth-order valence-electron chi connectivity index (χ4n) is 2.27. The van der Waals surface area contributed by atoms with E-state index in [2.05, 4.69) is 4.98 Å². The molecule has 0 amide bonds. The van der Waals surface area contributed by atoms with E-state index in [4.69, 9.17) is 4.74 Å². The second-order valence-corrected chi connectivity index (χ2v) is 5.20. The van der Waals surface area contributed by atoms with Crippen LogP contribution < -0.4 is 10.3 Å². The molecule has 3 heteroatoms. The zero-order valence-electron chi connectivity index (χ0n) is 12.4. The molecule has 0 aliphatic heterocycles.